The normalized spacial score (nSPS) is 12.1. The maximum absolute atomic E-state index is 3.57. The van der Waals surface area contributed by atoms with Gasteiger partial charge in [0.25, 0.3) is 0 Å². The highest BCUT2D eigenvalue weighted by Gasteiger charge is 2.13. The van der Waals surface area contributed by atoms with Gasteiger partial charge in [-0.2, -0.15) is 0 Å². The van der Waals surface area contributed by atoms with Crippen LogP contribution >= 0.6 is 11.3 Å². The highest BCUT2D eigenvalue weighted by molar-refractivity contribution is 7.17. The third-order valence-corrected chi connectivity index (χ3v) is 4.05. The van der Waals surface area contributed by atoms with Crippen LogP contribution in [0.3, 0.4) is 0 Å². The molecule has 1 nitrogen and oxygen atoms in total. The van der Waals surface area contributed by atoms with Crippen molar-refractivity contribution in [1.29, 1.82) is 0 Å². The van der Waals surface area contributed by atoms with E-state index >= 15 is 0 Å². The lowest BCUT2D eigenvalue weighted by Crippen LogP contribution is -2.20. The highest BCUT2D eigenvalue weighted by Crippen LogP contribution is 2.32. The van der Waals surface area contributed by atoms with Crippen LogP contribution in [0.1, 0.15) is 38.3 Å². The van der Waals surface area contributed by atoms with Crippen LogP contribution in [0.5, 0.6) is 0 Å². The second-order valence-electron chi connectivity index (χ2n) is 4.26. The van der Waals surface area contributed by atoms with E-state index in [0.29, 0.717) is 6.04 Å². The van der Waals surface area contributed by atoms with Crippen molar-refractivity contribution >= 4 is 21.4 Å². The molecule has 0 bridgehead atoms. The Kier molecular flexibility index (Phi) is 4.81. The van der Waals surface area contributed by atoms with Crippen LogP contribution in [0, 0.1) is 11.8 Å². The minimum Gasteiger partial charge on any atom is -0.310 e. The molecule has 94 valence electrons. The molecule has 0 spiro atoms. The first-order valence-corrected chi connectivity index (χ1v) is 7.34. The monoisotopic (exact) mass is 257 g/mol. The number of benzene rings is 1. The molecule has 2 heteroatoms. The fourth-order valence-corrected chi connectivity index (χ4v) is 3.24. The molecule has 1 N–H and O–H groups in total. The fourth-order valence-electron chi connectivity index (χ4n) is 2.22. The van der Waals surface area contributed by atoms with Crippen LogP contribution < -0.4 is 5.32 Å². The Bertz CT molecular complexity index is 559. The second-order valence-corrected chi connectivity index (χ2v) is 5.17. The van der Waals surface area contributed by atoms with Gasteiger partial charge in [0.05, 0.1) is 0 Å². The number of hydrogen-bond acceptors (Lipinski definition) is 2. The molecule has 1 atom stereocenters. The van der Waals surface area contributed by atoms with Crippen LogP contribution in [-0.4, -0.2) is 6.54 Å². The number of fused-ring (bicyclic) bond motifs is 1. The van der Waals surface area contributed by atoms with Gasteiger partial charge in [-0.1, -0.05) is 25.1 Å². The first-order chi connectivity index (χ1) is 8.86. The van der Waals surface area contributed by atoms with E-state index in [1.807, 2.05) is 18.3 Å². The molecule has 0 aliphatic heterocycles. The number of nitrogens with one attached hydrogen (secondary N) is 1. The van der Waals surface area contributed by atoms with E-state index in [0.717, 1.165) is 19.4 Å². The summed E-state index contributed by atoms with van der Waals surface area (Å²) >= 11 is 1.83. The quantitative estimate of drug-likeness (QED) is 0.785. The summed E-state index contributed by atoms with van der Waals surface area (Å²) in [5, 5.41) is 7.25. The zero-order chi connectivity index (χ0) is 12.8. The summed E-state index contributed by atoms with van der Waals surface area (Å²) in [6, 6.07) is 9.06. The van der Waals surface area contributed by atoms with Crippen molar-refractivity contribution < 1.29 is 0 Å². The lowest BCUT2D eigenvalue weighted by molar-refractivity contribution is 0.527. The summed E-state index contributed by atoms with van der Waals surface area (Å²) < 4.78 is 1.37. The molecule has 1 unspecified atom stereocenters. The minimum atomic E-state index is 0.423. The van der Waals surface area contributed by atoms with Gasteiger partial charge in [-0.25, -0.2) is 0 Å². The van der Waals surface area contributed by atoms with Crippen molar-refractivity contribution in [1.82, 2.24) is 5.32 Å². The first-order valence-electron chi connectivity index (χ1n) is 6.46. The number of hydrogen-bond donors (Lipinski definition) is 1. The number of thiophene rings is 1. The van der Waals surface area contributed by atoms with Gasteiger partial charge >= 0.3 is 0 Å². The van der Waals surface area contributed by atoms with E-state index < -0.39 is 0 Å². The Balaban J connectivity index is 2.25. The molecule has 0 fully saturated rings. The van der Waals surface area contributed by atoms with Crippen LogP contribution in [0.15, 0.2) is 29.6 Å². The van der Waals surface area contributed by atoms with Crippen molar-refractivity contribution in [3.05, 3.63) is 35.2 Å². The van der Waals surface area contributed by atoms with E-state index in [1.165, 1.54) is 15.6 Å². The molecular formula is C16H19NS. The van der Waals surface area contributed by atoms with Crippen molar-refractivity contribution in [3.63, 3.8) is 0 Å². The Labute approximate surface area is 113 Å². The zero-order valence-electron chi connectivity index (χ0n) is 11.0. The van der Waals surface area contributed by atoms with Gasteiger partial charge in [-0.3, -0.25) is 0 Å². The summed E-state index contributed by atoms with van der Waals surface area (Å²) in [4.78, 5) is 0. The predicted octanol–water partition coefficient (Wildman–Crippen LogP) is 4.36. The van der Waals surface area contributed by atoms with Crippen molar-refractivity contribution in [3.8, 4) is 11.8 Å². The maximum Gasteiger partial charge on any atom is 0.0346 e. The minimum absolute atomic E-state index is 0.423. The molecule has 0 saturated heterocycles. The summed E-state index contributed by atoms with van der Waals surface area (Å²) in [6.45, 7) is 5.06. The molecule has 0 aliphatic rings. The fraction of sp³-hybridized carbons (Fsp3) is 0.375. The largest absolute Gasteiger partial charge is 0.310 e. The van der Waals surface area contributed by atoms with Crippen molar-refractivity contribution in [2.45, 2.75) is 32.7 Å². The van der Waals surface area contributed by atoms with Crippen molar-refractivity contribution in [2.24, 2.45) is 0 Å². The lowest BCUT2D eigenvalue weighted by atomic mass is 10.0. The standard InChI is InChI=1S/C16H19NS/c1-3-5-6-10-15(17-4-2)14-12-18-16-11-8-7-9-13(14)16/h7-9,11-12,15,17H,4,6,10H2,1-2H3. The predicted molar refractivity (Wildman–Crippen MR) is 80.9 cm³/mol. The SMILES string of the molecule is CC#CCCC(NCC)c1csc2ccccc12. The van der Waals surface area contributed by atoms with Gasteiger partial charge in [0, 0.05) is 17.2 Å². The molecule has 18 heavy (non-hydrogen) atoms. The average molecular weight is 257 g/mol. The van der Waals surface area contributed by atoms with Crippen LogP contribution in [0.2, 0.25) is 0 Å². The molecule has 1 heterocycles. The molecule has 2 rings (SSSR count). The molecule has 1 aromatic heterocycles. The van der Waals surface area contributed by atoms with E-state index in [1.54, 1.807) is 0 Å². The summed E-state index contributed by atoms with van der Waals surface area (Å²) in [5.41, 5.74) is 1.43. The van der Waals surface area contributed by atoms with Crippen LogP contribution in [0.4, 0.5) is 0 Å². The highest BCUT2D eigenvalue weighted by atomic mass is 32.1. The van der Waals surface area contributed by atoms with E-state index in [9.17, 15) is 0 Å². The summed E-state index contributed by atoms with van der Waals surface area (Å²) in [7, 11) is 0. The van der Waals surface area contributed by atoms with E-state index in [-0.39, 0.29) is 0 Å². The third kappa shape index (κ3) is 2.93. The van der Waals surface area contributed by atoms with Crippen LogP contribution in [-0.2, 0) is 0 Å². The van der Waals surface area contributed by atoms with Gasteiger partial charge in [-0.15, -0.1) is 23.2 Å². The van der Waals surface area contributed by atoms with Crippen LogP contribution in [0.25, 0.3) is 10.1 Å². The summed E-state index contributed by atoms with van der Waals surface area (Å²) in [6.07, 6.45) is 2.04. The lowest BCUT2D eigenvalue weighted by Gasteiger charge is -2.16. The smallest absolute Gasteiger partial charge is 0.0346 e. The molecule has 0 saturated carbocycles. The Morgan fingerprint density at radius 2 is 2.17 bits per heavy atom. The molecule has 0 aliphatic carbocycles. The Hall–Kier alpha value is -1.30. The van der Waals surface area contributed by atoms with E-state index in [2.05, 4.69) is 53.7 Å². The van der Waals surface area contributed by atoms with Gasteiger partial charge in [0.15, 0.2) is 0 Å². The summed E-state index contributed by atoms with van der Waals surface area (Å²) in [5.74, 6) is 6.13. The Morgan fingerprint density at radius 3 is 2.94 bits per heavy atom. The molecule has 0 radical (unpaired) electrons. The second kappa shape index (κ2) is 6.58. The molecular weight excluding hydrogens is 238 g/mol. The van der Waals surface area contributed by atoms with Gasteiger partial charge in [-0.05, 0) is 42.3 Å². The molecule has 2 aromatic rings. The van der Waals surface area contributed by atoms with Gasteiger partial charge < -0.3 is 5.32 Å². The third-order valence-electron chi connectivity index (χ3n) is 3.07. The first kappa shape index (κ1) is 13.1. The van der Waals surface area contributed by atoms with Gasteiger partial charge in [0.2, 0.25) is 0 Å². The molecule has 1 aromatic carbocycles. The number of rotatable bonds is 5. The van der Waals surface area contributed by atoms with Crippen molar-refractivity contribution in [2.75, 3.05) is 6.54 Å². The average Bonchev–Trinajstić information content (AvgIpc) is 2.82. The molecule has 0 amide bonds. The van der Waals surface area contributed by atoms with Gasteiger partial charge in [0.1, 0.15) is 0 Å². The van der Waals surface area contributed by atoms with E-state index in [4.69, 9.17) is 0 Å². The Morgan fingerprint density at radius 1 is 1.33 bits per heavy atom. The zero-order valence-corrected chi connectivity index (χ0v) is 11.8. The maximum atomic E-state index is 3.57. The topological polar surface area (TPSA) is 12.0 Å².